The third kappa shape index (κ3) is 9.26. The van der Waals surface area contributed by atoms with Gasteiger partial charge in [-0.05, 0) is 81.3 Å². The molecule has 0 bridgehead atoms. The summed E-state index contributed by atoms with van der Waals surface area (Å²) >= 11 is 18.8. The van der Waals surface area contributed by atoms with Crippen molar-refractivity contribution in [2.45, 2.75) is 57.1 Å². The van der Waals surface area contributed by atoms with Gasteiger partial charge < -0.3 is 10.2 Å². The molecule has 4 rings (SSSR count). The third-order valence-corrected chi connectivity index (χ3v) is 9.85. The Morgan fingerprint density at radius 1 is 0.804 bits per heavy atom. The summed E-state index contributed by atoms with van der Waals surface area (Å²) in [6.07, 6.45) is 0.187. The number of carbonyl (C=O) groups is 2. The van der Waals surface area contributed by atoms with E-state index in [1.54, 1.807) is 36.4 Å². The van der Waals surface area contributed by atoms with Crippen molar-refractivity contribution in [1.82, 2.24) is 10.2 Å². The smallest absolute Gasteiger partial charge is 0.264 e. The second kappa shape index (κ2) is 14.9. The van der Waals surface area contributed by atoms with E-state index < -0.39 is 34.1 Å². The molecule has 0 aliphatic carbocycles. The largest absolute Gasteiger partial charge is 0.350 e. The normalized spacial score (nSPS) is 12.3. The Morgan fingerprint density at radius 2 is 1.46 bits per heavy atom. The van der Waals surface area contributed by atoms with E-state index in [0.717, 1.165) is 15.4 Å². The molecule has 0 aliphatic rings. The van der Waals surface area contributed by atoms with Gasteiger partial charge in [-0.2, -0.15) is 0 Å². The fourth-order valence-corrected chi connectivity index (χ4v) is 6.76. The maximum Gasteiger partial charge on any atom is 0.264 e. The van der Waals surface area contributed by atoms with Crippen LogP contribution in [0.2, 0.25) is 15.1 Å². The Kier molecular flexibility index (Phi) is 11.4. The van der Waals surface area contributed by atoms with E-state index in [1.165, 1.54) is 35.2 Å². The summed E-state index contributed by atoms with van der Waals surface area (Å²) in [6, 6.07) is 26.0. The van der Waals surface area contributed by atoms with Crippen molar-refractivity contribution in [2.75, 3.05) is 10.8 Å². The summed E-state index contributed by atoms with van der Waals surface area (Å²) in [6.45, 7) is 6.78. The minimum Gasteiger partial charge on any atom is -0.350 e. The molecule has 0 saturated heterocycles. The van der Waals surface area contributed by atoms with Crippen molar-refractivity contribution in [3.8, 4) is 0 Å². The van der Waals surface area contributed by atoms with Gasteiger partial charge in [-0.1, -0.05) is 95.0 Å². The van der Waals surface area contributed by atoms with Crippen LogP contribution >= 0.6 is 34.8 Å². The monoisotopic (exact) mass is 699 g/mol. The molecule has 0 aliphatic heterocycles. The lowest BCUT2D eigenvalue weighted by Crippen LogP contribution is -2.56. The Bertz CT molecular complexity index is 1790. The number of amides is 2. The Hall–Kier alpha value is -3.56. The lowest BCUT2D eigenvalue weighted by atomic mass is 10.0. The van der Waals surface area contributed by atoms with Gasteiger partial charge >= 0.3 is 0 Å². The van der Waals surface area contributed by atoms with Gasteiger partial charge in [0.15, 0.2) is 0 Å². The minimum absolute atomic E-state index is 0.00570. The highest BCUT2D eigenvalue weighted by atomic mass is 35.5. The molecule has 2 amide bonds. The van der Waals surface area contributed by atoms with Crippen LogP contribution in [0.3, 0.4) is 0 Å². The first kappa shape index (κ1) is 35.3. The molecule has 1 atom stereocenters. The van der Waals surface area contributed by atoms with Crippen LogP contribution in [0.5, 0.6) is 0 Å². The lowest BCUT2D eigenvalue weighted by molar-refractivity contribution is -0.140. The van der Waals surface area contributed by atoms with Crippen LogP contribution in [-0.2, 0) is 32.6 Å². The molecule has 242 valence electrons. The number of aryl methyl sites for hydroxylation is 1. The Labute approximate surface area is 286 Å². The van der Waals surface area contributed by atoms with Gasteiger partial charge in [0.2, 0.25) is 11.8 Å². The van der Waals surface area contributed by atoms with E-state index >= 15 is 0 Å². The highest BCUT2D eigenvalue weighted by Gasteiger charge is 2.35. The quantitative estimate of drug-likeness (QED) is 0.174. The maximum absolute atomic E-state index is 14.5. The number of hydrogen-bond acceptors (Lipinski definition) is 4. The topological polar surface area (TPSA) is 86.8 Å². The van der Waals surface area contributed by atoms with Crippen molar-refractivity contribution >= 4 is 62.3 Å². The predicted molar refractivity (Wildman–Crippen MR) is 186 cm³/mol. The number of sulfonamides is 1. The maximum atomic E-state index is 14.5. The first-order valence-corrected chi connectivity index (χ1v) is 17.2. The van der Waals surface area contributed by atoms with Gasteiger partial charge in [0.05, 0.1) is 20.6 Å². The fourth-order valence-electron chi connectivity index (χ4n) is 4.85. The number of carbonyl (C=O) groups excluding carboxylic acids is 2. The number of nitrogens with zero attached hydrogens (tertiary/aromatic N) is 2. The van der Waals surface area contributed by atoms with Gasteiger partial charge in [-0.15, -0.1) is 0 Å². The van der Waals surface area contributed by atoms with Gasteiger partial charge in [0, 0.05) is 23.5 Å². The molecule has 0 saturated carbocycles. The molecule has 1 N–H and O–H groups in total. The molecule has 4 aromatic rings. The van der Waals surface area contributed by atoms with Crippen molar-refractivity contribution in [3.63, 3.8) is 0 Å². The number of benzene rings is 4. The molecule has 4 aromatic carbocycles. The lowest BCUT2D eigenvalue weighted by Gasteiger charge is -2.35. The average molecular weight is 701 g/mol. The molecule has 7 nitrogen and oxygen atoms in total. The zero-order valence-corrected chi connectivity index (χ0v) is 29.1. The highest BCUT2D eigenvalue weighted by Crippen LogP contribution is 2.31. The first-order valence-electron chi connectivity index (χ1n) is 14.6. The van der Waals surface area contributed by atoms with Crippen LogP contribution in [0.25, 0.3) is 0 Å². The van der Waals surface area contributed by atoms with Crippen molar-refractivity contribution in [3.05, 3.63) is 129 Å². The molecule has 0 spiro atoms. The SMILES string of the molecule is Cc1ccc(S(=O)(=O)N(CC(=O)N(Cc2cccc(Cl)c2)[C@H](Cc2ccccc2)C(=O)NC(C)(C)C)c2ccc(Cl)c(Cl)c2)cc1. The second-order valence-corrected chi connectivity index (χ2v) is 15.1. The number of hydrogen-bond donors (Lipinski definition) is 1. The zero-order valence-electron chi connectivity index (χ0n) is 26.0. The van der Waals surface area contributed by atoms with Crippen molar-refractivity contribution in [1.29, 1.82) is 0 Å². The first-order chi connectivity index (χ1) is 21.6. The summed E-state index contributed by atoms with van der Waals surface area (Å²) < 4.78 is 29.3. The van der Waals surface area contributed by atoms with Crippen LogP contribution in [-0.4, -0.2) is 43.3 Å². The minimum atomic E-state index is -4.28. The van der Waals surface area contributed by atoms with E-state index in [9.17, 15) is 18.0 Å². The van der Waals surface area contributed by atoms with E-state index in [-0.39, 0.29) is 39.5 Å². The van der Waals surface area contributed by atoms with Gasteiger partial charge in [0.1, 0.15) is 12.6 Å². The highest BCUT2D eigenvalue weighted by molar-refractivity contribution is 7.92. The fraction of sp³-hybridized carbons (Fsp3) is 0.257. The standard InChI is InChI=1S/C35H36Cl3N3O4S/c1-24-13-16-29(17-14-24)46(44,45)41(28-15-18-30(37)31(38)21-28)23-33(42)40(22-26-11-8-12-27(36)19-26)32(34(43)39-35(2,3)4)20-25-9-6-5-7-10-25/h5-19,21,32H,20,22-23H2,1-4H3,(H,39,43)/t32-/m1/s1. The molecule has 0 aromatic heterocycles. The molecular formula is C35H36Cl3N3O4S. The van der Waals surface area contributed by atoms with E-state index in [2.05, 4.69) is 5.32 Å². The number of halogens is 3. The Morgan fingerprint density at radius 3 is 2.07 bits per heavy atom. The number of rotatable bonds is 11. The molecule has 0 unspecified atom stereocenters. The number of anilines is 1. The molecule has 46 heavy (non-hydrogen) atoms. The second-order valence-electron chi connectivity index (χ2n) is 12.0. The van der Waals surface area contributed by atoms with Crippen LogP contribution in [0.4, 0.5) is 5.69 Å². The van der Waals surface area contributed by atoms with Crippen LogP contribution in [0, 0.1) is 6.92 Å². The van der Waals surface area contributed by atoms with Crippen LogP contribution < -0.4 is 9.62 Å². The van der Waals surface area contributed by atoms with Crippen LogP contribution in [0.15, 0.2) is 102 Å². The molecule has 0 fully saturated rings. The Balaban J connectivity index is 1.84. The molecule has 11 heteroatoms. The van der Waals surface area contributed by atoms with Crippen LogP contribution in [0.1, 0.15) is 37.5 Å². The van der Waals surface area contributed by atoms with Gasteiger partial charge in [-0.3, -0.25) is 13.9 Å². The van der Waals surface area contributed by atoms with Crippen molar-refractivity contribution < 1.29 is 18.0 Å². The van der Waals surface area contributed by atoms with Crippen molar-refractivity contribution in [2.24, 2.45) is 0 Å². The summed E-state index contributed by atoms with van der Waals surface area (Å²) in [7, 11) is -4.28. The summed E-state index contributed by atoms with van der Waals surface area (Å²) in [4.78, 5) is 29.9. The summed E-state index contributed by atoms with van der Waals surface area (Å²) in [5.41, 5.74) is 1.92. The van der Waals surface area contributed by atoms with Gasteiger partial charge in [-0.25, -0.2) is 8.42 Å². The van der Waals surface area contributed by atoms with E-state index in [0.29, 0.717) is 10.6 Å². The molecule has 0 radical (unpaired) electrons. The van der Waals surface area contributed by atoms with E-state index in [1.807, 2.05) is 58.0 Å². The molecule has 0 heterocycles. The number of nitrogens with one attached hydrogen (secondary N) is 1. The summed E-state index contributed by atoms with van der Waals surface area (Å²) in [5.74, 6) is -0.985. The predicted octanol–water partition coefficient (Wildman–Crippen LogP) is 7.71. The zero-order chi connectivity index (χ0) is 33.6. The van der Waals surface area contributed by atoms with Gasteiger partial charge in [0.25, 0.3) is 10.0 Å². The van der Waals surface area contributed by atoms with E-state index in [4.69, 9.17) is 34.8 Å². The summed E-state index contributed by atoms with van der Waals surface area (Å²) in [5, 5.41) is 3.82. The molecular weight excluding hydrogens is 665 g/mol. The average Bonchev–Trinajstić information content (AvgIpc) is 2.99. The third-order valence-electron chi connectivity index (χ3n) is 7.09.